The van der Waals surface area contributed by atoms with Gasteiger partial charge in [0.1, 0.15) is 152 Å². The standard InChI is InChI=1S/C53H82N4O39/c1-6-7-83-47-21(55-13(3)63)26(68)35(17(9-59)85-47)88-51-33(75)30(72)39(42(95-51)45(79)80)92-49-23(57-15(5)65)28(70)37(19(11-61)87-49)90-53-34(76)31(73)40(43(96-53)46(81)82)93-50-22(56-14(4)64)27(69)36(18(10-60)86-50)89-52-32(74)29(71)38(41(94-52)44(77)78)91-48-20(54-12(2)62)25(67)24(66)16(8-58)84-48/h6,16-43,47-53,58-61,66-76H,1,7-11H2,2-5H3,(H,54,62)(H,55,63)(H,56,64)(H,57,65)(H,77,78)(H,79,80)(H,81,82)/t16-,17-,18-,19-,20-,21-,22-,23-,24-,25-,26-,27-,28-,29-,30-,31-,32-,33-,34-,35-,36-,37-,38+,39+,40+,41+,42+,43+,47-,48+,49+,50+,51-,52-,53-/m1/s1. The van der Waals surface area contributed by atoms with E-state index in [2.05, 4.69) is 27.8 Å². The fraction of sp³-hybridized carbons (Fsp3) is 0.830. The molecule has 0 aliphatic carbocycles. The quantitative estimate of drug-likeness (QED) is 0.0358. The molecule has 0 aromatic carbocycles. The second-order valence-corrected chi connectivity index (χ2v) is 23.2. The van der Waals surface area contributed by atoms with Crippen LogP contribution < -0.4 is 21.3 Å². The molecule has 0 radical (unpaired) electrons. The molecule has 548 valence electrons. The molecule has 0 saturated carbocycles. The van der Waals surface area contributed by atoms with Crippen molar-refractivity contribution in [3.63, 3.8) is 0 Å². The summed E-state index contributed by atoms with van der Waals surface area (Å²) in [5.41, 5.74) is 0. The molecule has 0 unspecified atom stereocenters. The van der Waals surface area contributed by atoms with Crippen LogP contribution in [0.1, 0.15) is 27.7 Å². The topological polar surface area (TPSA) is 661 Å². The number of rotatable bonds is 26. The van der Waals surface area contributed by atoms with Gasteiger partial charge >= 0.3 is 17.9 Å². The van der Waals surface area contributed by atoms with E-state index in [0.717, 1.165) is 27.7 Å². The number of carbonyl (C=O) groups is 7. The molecule has 7 fully saturated rings. The first-order valence-electron chi connectivity index (χ1n) is 29.7. The number of carboxylic acid groups (broad SMARTS) is 3. The normalized spacial score (nSPS) is 45.2. The number of hydrogen-bond acceptors (Lipinski definition) is 36. The van der Waals surface area contributed by atoms with Crippen molar-refractivity contribution in [2.24, 2.45) is 0 Å². The summed E-state index contributed by atoms with van der Waals surface area (Å²) >= 11 is 0. The van der Waals surface area contributed by atoms with Gasteiger partial charge in [-0.1, -0.05) is 6.08 Å². The molecule has 22 N–H and O–H groups in total. The van der Waals surface area contributed by atoms with Crippen LogP contribution in [0.25, 0.3) is 0 Å². The number of hydrogen-bond donors (Lipinski definition) is 22. The molecule has 0 bridgehead atoms. The van der Waals surface area contributed by atoms with Gasteiger partial charge in [-0.2, -0.15) is 0 Å². The Balaban J connectivity index is 1.05. The molecule has 7 aliphatic heterocycles. The van der Waals surface area contributed by atoms with Gasteiger partial charge in [0.2, 0.25) is 23.6 Å². The number of aliphatic carboxylic acids is 3. The van der Waals surface area contributed by atoms with E-state index in [9.17, 15) is 125 Å². The summed E-state index contributed by atoms with van der Waals surface area (Å²) in [7, 11) is 0. The second-order valence-electron chi connectivity index (χ2n) is 23.2. The lowest BCUT2D eigenvalue weighted by molar-refractivity contribution is -0.381. The molecule has 43 heteroatoms. The average Bonchev–Trinajstić information content (AvgIpc) is 0.776. The highest BCUT2D eigenvalue weighted by molar-refractivity contribution is 5.76. The molecule has 7 heterocycles. The van der Waals surface area contributed by atoms with E-state index in [1.165, 1.54) is 6.08 Å². The molecule has 7 saturated heterocycles. The Morgan fingerprint density at radius 1 is 0.333 bits per heavy atom. The molecular weight excluding hydrogens is 1320 g/mol. The molecule has 96 heavy (non-hydrogen) atoms. The maximum absolute atomic E-state index is 13.0. The van der Waals surface area contributed by atoms with E-state index < -0.39 is 283 Å². The molecule has 0 aromatic rings. The zero-order valence-electron chi connectivity index (χ0n) is 51.2. The predicted molar refractivity (Wildman–Crippen MR) is 294 cm³/mol. The predicted octanol–water partition coefficient (Wildman–Crippen LogP) is -14.2. The number of carbonyl (C=O) groups excluding carboxylic acids is 4. The van der Waals surface area contributed by atoms with Crippen LogP contribution in [-0.2, 0) is 99.9 Å². The van der Waals surface area contributed by atoms with E-state index in [1.54, 1.807) is 0 Å². The molecule has 7 aliphatic rings. The van der Waals surface area contributed by atoms with Crippen molar-refractivity contribution in [2.45, 2.75) is 242 Å². The maximum atomic E-state index is 13.0. The Kier molecular flexibility index (Phi) is 27.6. The number of amides is 4. The highest BCUT2D eigenvalue weighted by Crippen LogP contribution is 2.38. The molecule has 35 atom stereocenters. The Bertz CT molecular complexity index is 2660. The lowest BCUT2D eigenvalue weighted by Gasteiger charge is -2.50. The van der Waals surface area contributed by atoms with Crippen molar-refractivity contribution in [1.82, 2.24) is 21.3 Å². The van der Waals surface area contributed by atoms with Crippen LogP contribution in [0.2, 0.25) is 0 Å². The van der Waals surface area contributed by atoms with Gasteiger partial charge in [-0.3, -0.25) is 19.2 Å². The van der Waals surface area contributed by atoms with Crippen molar-refractivity contribution in [1.29, 1.82) is 0 Å². The van der Waals surface area contributed by atoms with Crippen LogP contribution in [-0.4, -0.2) is 381 Å². The number of ether oxygens (including phenoxy) is 14. The number of nitrogens with one attached hydrogen (secondary N) is 4. The third kappa shape index (κ3) is 17.3. The summed E-state index contributed by atoms with van der Waals surface area (Å²) in [6.45, 7) is 2.91. The zero-order valence-corrected chi connectivity index (χ0v) is 51.2. The smallest absolute Gasteiger partial charge is 0.335 e. The lowest BCUT2D eigenvalue weighted by atomic mass is 9.93. The van der Waals surface area contributed by atoms with Gasteiger partial charge in [0, 0.05) is 27.7 Å². The van der Waals surface area contributed by atoms with Crippen molar-refractivity contribution >= 4 is 41.5 Å². The average molecular weight is 1400 g/mol. The van der Waals surface area contributed by atoms with Gasteiger partial charge < -0.3 is 180 Å². The van der Waals surface area contributed by atoms with Crippen LogP contribution in [0.5, 0.6) is 0 Å². The van der Waals surface area contributed by atoms with Crippen LogP contribution in [0.4, 0.5) is 0 Å². The summed E-state index contributed by atoms with van der Waals surface area (Å²) in [5, 5.41) is 206. The fourth-order valence-electron chi connectivity index (χ4n) is 11.8. The Labute approximate surface area is 541 Å². The molecular formula is C53H82N4O39. The summed E-state index contributed by atoms with van der Waals surface area (Å²) in [5.74, 6) is -9.36. The van der Waals surface area contributed by atoms with Gasteiger partial charge in [0.25, 0.3) is 0 Å². The van der Waals surface area contributed by atoms with Crippen LogP contribution >= 0.6 is 0 Å². The minimum absolute atomic E-state index is 0.166. The second kappa shape index (κ2) is 33.8. The maximum Gasteiger partial charge on any atom is 0.335 e. The summed E-state index contributed by atoms with van der Waals surface area (Å²) in [6.07, 6.45) is -65.2. The molecule has 0 aromatic heterocycles. The molecule has 7 rings (SSSR count). The van der Waals surface area contributed by atoms with Gasteiger partial charge in [0.05, 0.1) is 33.0 Å². The first-order chi connectivity index (χ1) is 45.2. The van der Waals surface area contributed by atoms with Crippen LogP contribution in [0.3, 0.4) is 0 Å². The minimum atomic E-state index is -2.53. The van der Waals surface area contributed by atoms with Gasteiger partial charge in [-0.25, -0.2) is 14.4 Å². The molecule has 0 spiro atoms. The Hall–Kier alpha value is -5.13. The Morgan fingerprint density at radius 3 is 0.844 bits per heavy atom. The van der Waals surface area contributed by atoms with Crippen LogP contribution in [0, 0.1) is 0 Å². The first-order valence-corrected chi connectivity index (χ1v) is 29.7. The van der Waals surface area contributed by atoms with E-state index in [0.29, 0.717) is 0 Å². The fourth-order valence-corrected chi connectivity index (χ4v) is 11.8. The van der Waals surface area contributed by atoms with E-state index in [4.69, 9.17) is 66.3 Å². The zero-order chi connectivity index (χ0) is 71.2. The summed E-state index contributed by atoms with van der Waals surface area (Å²) in [4.78, 5) is 88.0. The molecule has 43 nitrogen and oxygen atoms in total. The number of aliphatic hydroxyl groups is 15. The highest BCUT2D eigenvalue weighted by atomic mass is 16.8. The third-order valence-corrected chi connectivity index (χ3v) is 16.4. The lowest BCUT2D eigenvalue weighted by Crippen LogP contribution is -2.71. The van der Waals surface area contributed by atoms with Gasteiger partial charge in [-0.05, 0) is 0 Å². The highest BCUT2D eigenvalue weighted by Gasteiger charge is 2.61. The van der Waals surface area contributed by atoms with Gasteiger partial charge in [0.15, 0.2) is 62.3 Å². The van der Waals surface area contributed by atoms with Gasteiger partial charge in [-0.15, -0.1) is 6.58 Å². The van der Waals surface area contributed by atoms with E-state index in [-0.39, 0.29) is 6.61 Å². The van der Waals surface area contributed by atoms with Crippen molar-refractivity contribution in [3.8, 4) is 0 Å². The minimum Gasteiger partial charge on any atom is -0.479 e. The number of carboxylic acids is 3. The van der Waals surface area contributed by atoms with E-state index >= 15 is 0 Å². The summed E-state index contributed by atoms with van der Waals surface area (Å²) in [6, 6.07) is -7.11. The third-order valence-electron chi connectivity index (χ3n) is 16.4. The van der Waals surface area contributed by atoms with Crippen molar-refractivity contribution in [2.75, 3.05) is 33.0 Å². The summed E-state index contributed by atoms with van der Waals surface area (Å²) < 4.78 is 79.2. The number of aliphatic hydroxyl groups excluding tert-OH is 15. The van der Waals surface area contributed by atoms with Crippen molar-refractivity contribution < 1.29 is 192 Å². The largest absolute Gasteiger partial charge is 0.479 e. The first kappa shape index (κ1) is 78.2. The monoisotopic (exact) mass is 1400 g/mol. The van der Waals surface area contributed by atoms with Crippen molar-refractivity contribution in [3.05, 3.63) is 12.7 Å². The van der Waals surface area contributed by atoms with Crippen LogP contribution in [0.15, 0.2) is 12.7 Å². The Morgan fingerprint density at radius 2 is 0.583 bits per heavy atom. The molecule has 4 amide bonds. The van der Waals surface area contributed by atoms with E-state index in [1.807, 2.05) is 0 Å². The SMILES string of the molecule is C=CCO[C@@H]1O[C@H](CO)[C@@H](O[C@@H]2O[C@H](C(=O)O)[C@@H](O[C@@H]3O[C@H](CO)[C@@H](O[C@@H]4O[C@H](C(=O)O)[C@@H](O[C@@H]5O[C@H](CO)[C@@H](O[C@@H]6O[C@H](C(=O)O)[C@@H](O[C@@H]7O[C@H](CO)[C@@H](O)[C@H](O)[C@H]7NC(C)=O)[C@H](O)[C@H]6O)[C@H](O)[C@H]5NC(C)=O)[C@H](O)[C@H]4O)[C@H](O)[C@H]3NC(C)=O)[C@H](O)[C@H]2O)[C@H](O)[C@H]1NC(C)=O.